The highest BCUT2D eigenvalue weighted by atomic mass is 16.6. The number of ether oxygens (including phenoxy) is 2. The van der Waals surface area contributed by atoms with Crippen molar-refractivity contribution < 1.29 is 23.9 Å². The van der Waals surface area contributed by atoms with Crippen LogP contribution in [0.4, 0.5) is 0 Å². The molecule has 1 fully saturated rings. The van der Waals surface area contributed by atoms with Crippen molar-refractivity contribution in [1.29, 1.82) is 0 Å². The van der Waals surface area contributed by atoms with E-state index in [9.17, 15) is 14.4 Å². The number of ketones is 1. The second-order valence-electron chi connectivity index (χ2n) is 7.29. The van der Waals surface area contributed by atoms with Gasteiger partial charge >= 0.3 is 5.97 Å². The number of likely N-dealkylation sites (tertiary alicyclic amines) is 1. The summed E-state index contributed by atoms with van der Waals surface area (Å²) in [4.78, 5) is 38.1. The van der Waals surface area contributed by atoms with Crippen molar-refractivity contribution in [3.63, 3.8) is 0 Å². The molecule has 0 unspecified atom stereocenters. The summed E-state index contributed by atoms with van der Waals surface area (Å²) in [6, 6.07) is 6.84. The van der Waals surface area contributed by atoms with Gasteiger partial charge in [-0.25, -0.2) is 4.79 Å². The number of nitrogens with zero attached hydrogens (tertiary/aromatic N) is 1. The summed E-state index contributed by atoms with van der Waals surface area (Å²) in [5, 5.41) is 0. The van der Waals surface area contributed by atoms with Gasteiger partial charge < -0.3 is 14.4 Å². The predicted octanol–water partition coefficient (Wildman–Crippen LogP) is 3.38. The highest BCUT2D eigenvalue weighted by Gasteiger charge is 2.34. The maximum atomic E-state index is 12.7. The van der Waals surface area contributed by atoms with Crippen LogP contribution in [0.25, 0.3) is 0 Å². The molecule has 1 heterocycles. The molecule has 6 heteroatoms. The highest BCUT2D eigenvalue weighted by Crippen LogP contribution is 2.24. The molecule has 27 heavy (non-hydrogen) atoms. The van der Waals surface area contributed by atoms with Crippen molar-refractivity contribution in [2.45, 2.75) is 78.2 Å². The molecule has 1 saturated heterocycles. The van der Waals surface area contributed by atoms with Gasteiger partial charge in [0.1, 0.15) is 5.75 Å². The number of Topliss-reactive ketones (excluding diaryl/α,β-unsaturated/α-hetero) is 1. The minimum Gasteiger partial charge on any atom is -0.479 e. The molecule has 0 radical (unpaired) electrons. The lowest BCUT2D eigenvalue weighted by Gasteiger charge is -2.40. The van der Waals surface area contributed by atoms with Crippen molar-refractivity contribution in [3.05, 3.63) is 29.8 Å². The van der Waals surface area contributed by atoms with E-state index in [1.807, 2.05) is 18.7 Å². The monoisotopic (exact) mass is 375 g/mol. The van der Waals surface area contributed by atoms with E-state index in [0.717, 1.165) is 19.3 Å². The lowest BCUT2D eigenvalue weighted by atomic mass is 9.97. The molecule has 0 aliphatic carbocycles. The van der Waals surface area contributed by atoms with Crippen LogP contribution < -0.4 is 4.74 Å². The second kappa shape index (κ2) is 9.02. The van der Waals surface area contributed by atoms with Crippen LogP contribution in [-0.4, -0.2) is 46.9 Å². The number of rotatable bonds is 6. The Morgan fingerprint density at radius 1 is 1.00 bits per heavy atom. The molecule has 1 amide bonds. The molecular weight excluding hydrogens is 346 g/mol. The van der Waals surface area contributed by atoms with Gasteiger partial charge in [-0.05, 0) is 78.1 Å². The Morgan fingerprint density at radius 2 is 1.56 bits per heavy atom. The van der Waals surface area contributed by atoms with E-state index in [1.54, 1.807) is 38.1 Å². The fourth-order valence-electron chi connectivity index (χ4n) is 3.41. The first kappa shape index (κ1) is 20.9. The molecule has 1 aliphatic rings. The van der Waals surface area contributed by atoms with E-state index >= 15 is 0 Å². The Hall–Kier alpha value is -2.37. The van der Waals surface area contributed by atoms with Crippen LogP contribution >= 0.6 is 0 Å². The molecule has 0 aromatic heterocycles. The largest absolute Gasteiger partial charge is 0.479 e. The predicted molar refractivity (Wildman–Crippen MR) is 102 cm³/mol. The smallest absolute Gasteiger partial charge is 0.347 e. The summed E-state index contributed by atoms with van der Waals surface area (Å²) in [5.74, 6) is -0.339. The molecule has 148 valence electrons. The molecule has 0 N–H and O–H groups in total. The normalized spacial score (nSPS) is 21.9. The van der Waals surface area contributed by atoms with Crippen molar-refractivity contribution in [1.82, 2.24) is 4.90 Å². The van der Waals surface area contributed by atoms with Crippen LogP contribution in [0.3, 0.4) is 0 Å². The summed E-state index contributed by atoms with van der Waals surface area (Å²) < 4.78 is 10.9. The maximum absolute atomic E-state index is 12.7. The van der Waals surface area contributed by atoms with Crippen molar-refractivity contribution >= 4 is 17.7 Å². The summed E-state index contributed by atoms with van der Waals surface area (Å²) >= 11 is 0. The Balaban J connectivity index is 1.92. The van der Waals surface area contributed by atoms with E-state index in [1.165, 1.54) is 6.92 Å². The van der Waals surface area contributed by atoms with E-state index in [0.29, 0.717) is 11.3 Å². The molecule has 6 nitrogen and oxygen atoms in total. The lowest BCUT2D eigenvalue weighted by molar-refractivity contribution is -0.166. The molecule has 1 aromatic carbocycles. The number of amides is 1. The average Bonchev–Trinajstić information content (AvgIpc) is 2.61. The molecule has 0 saturated carbocycles. The van der Waals surface area contributed by atoms with Crippen molar-refractivity contribution in [2.75, 3.05) is 0 Å². The molecule has 0 bridgehead atoms. The van der Waals surface area contributed by atoms with Gasteiger partial charge in [0.15, 0.2) is 18.0 Å². The molecule has 2 rings (SSSR count). The SMILES string of the molecule is CC(=O)c1ccc(O[C@H](C)C(=O)O[C@H](C)C(=O)N2[C@@H](C)CCC[C@@H]2C)cc1. The van der Waals surface area contributed by atoms with Gasteiger partial charge in [-0.3, -0.25) is 9.59 Å². The first-order chi connectivity index (χ1) is 12.7. The Labute approximate surface area is 160 Å². The van der Waals surface area contributed by atoms with Crippen LogP contribution in [0.5, 0.6) is 5.75 Å². The summed E-state index contributed by atoms with van der Waals surface area (Å²) in [6.07, 6.45) is 1.32. The fraction of sp³-hybridized carbons (Fsp3) is 0.571. The van der Waals surface area contributed by atoms with Gasteiger partial charge in [-0.2, -0.15) is 0 Å². The standard InChI is InChI=1S/C21H29NO5/c1-13-7-6-8-14(2)22(13)20(24)16(4)27-21(25)17(5)26-19-11-9-18(10-12-19)15(3)23/h9-14,16-17H,6-8H2,1-5H3/t13-,14-,16+,17+/m0/s1. The molecule has 1 aromatic rings. The number of carbonyl (C=O) groups is 3. The van der Waals surface area contributed by atoms with E-state index in [4.69, 9.17) is 9.47 Å². The molecule has 4 atom stereocenters. The van der Waals surface area contributed by atoms with E-state index < -0.39 is 18.2 Å². The van der Waals surface area contributed by atoms with Crippen LogP contribution in [0.15, 0.2) is 24.3 Å². The minimum absolute atomic E-state index is 0.0393. The Kier molecular flexibility index (Phi) is 6.99. The molecule has 1 aliphatic heterocycles. The quantitative estimate of drug-likeness (QED) is 0.563. The zero-order valence-electron chi connectivity index (χ0n) is 16.7. The van der Waals surface area contributed by atoms with Crippen molar-refractivity contribution in [2.24, 2.45) is 0 Å². The van der Waals surface area contributed by atoms with E-state index in [2.05, 4.69) is 0 Å². The van der Waals surface area contributed by atoms with Crippen LogP contribution in [0.1, 0.15) is 64.2 Å². The third-order valence-corrected chi connectivity index (χ3v) is 4.99. The van der Waals surface area contributed by atoms with Gasteiger partial charge in [0.2, 0.25) is 0 Å². The zero-order chi connectivity index (χ0) is 20.1. The van der Waals surface area contributed by atoms with Gasteiger partial charge in [-0.15, -0.1) is 0 Å². The maximum Gasteiger partial charge on any atom is 0.347 e. The Bertz CT molecular complexity index is 674. The number of benzene rings is 1. The molecule has 0 spiro atoms. The number of esters is 1. The van der Waals surface area contributed by atoms with Crippen LogP contribution in [0, 0.1) is 0 Å². The fourth-order valence-corrected chi connectivity index (χ4v) is 3.41. The molecular formula is C21H29NO5. The topological polar surface area (TPSA) is 72.9 Å². The minimum atomic E-state index is -0.861. The lowest BCUT2D eigenvalue weighted by Crippen LogP contribution is -2.52. The van der Waals surface area contributed by atoms with Gasteiger partial charge in [0, 0.05) is 17.6 Å². The average molecular weight is 375 g/mol. The highest BCUT2D eigenvalue weighted by molar-refractivity contribution is 5.94. The summed E-state index contributed by atoms with van der Waals surface area (Å²) in [5.41, 5.74) is 0.571. The Morgan fingerprint density at radius 3 is 2.07 bits per heavy atom. The van der Waals surface area contributed by atoms with Gasteiger partial charge in [0.05, 0.1) is 0 Å². The van der Waals surface area contributed by atoms with Crippen LogP contribution in [0.2, 0.25) is 0 Å². The van der Waals surface area contributed by atoms with E-state index in [-0.39, 0.29) is 23.8 Å². The number of piperidine rings is 1. The first-order valence-electron chi connectivity index (χ1n) is 9.51. The second-order valence-corrected chi connectivity index (χ2v) is 7.29. The zero-order valence-corrected chi connectivity index (χ0v) is 16.7. The first-order valence-corrected chi connectivity index (χ1v) is 9.51. The van der Waals surface area contributed by atoms with Gasteiger partial charge in [-0.1, -0.05) is 0 Å². The summed E-state index contributed by atoms with van der Waals surface area (Å²) in [7, 11) is 0. The summed E-state index contributed by atoms with van der Waals surface area (Å²) in [6.45, 7) is 8.71. The number of hydrogen-bond donors (Lipinski definition) is 0. The number of carbonyl (C=O) groups excluding carboxylic acids is 3. The third kappa shape index (κ3) is 5.31. The van der Waals surface area contributed by atoms with Gasteiger partial charge in [0.25, 0.3) is 5.91 Å². The van der Waals surface area contributed by atoms with Crippen molar-refractivity contribution in [3.8, 4) is 5.75 Å². The third-order valence-electron chi connectivity index (χ3n) is 4.99. The number of hydrogen-bond acceptors (Lipinski definition) is 5. The van der Waals surface area contributed by atoms with Crippen LogP contribution in [-0.2, 0) is 14.3 Å².